The number of aliphatic hydroxyl groups excluding tert-OH is 1. The summed E-state index contributed by atoms with van der Waals surface area (Å²) in [5.41, 5.74) is 6.54. The summed E-state index contributed by atoms with van der Waals surface area (Å²) in [5, 5.41) is 10.8. The zero-order valence-corrected chi connectivity index (χ0v) is 10.3. The van der Waals surface area contributed by atoms with Crippen LogP contribution in [0.4, 0.5) is 0 Å². The number of nitrogens with two attached hydrogens (primary N) is 1. The van der Waals surface area contributed by atoms with Gasteiger partial charge >= 0.3 is 0 Å². The molecule has 2 nitrogen and oxygen atoms in total. The van der Waals surface area contributed by atoms with Crippen molar-refractivity contribution < 1.29 is 5.11 Å². The van der Waals surface area contributed by atoms with Gasteiger partial charge in [0.05, 0.1) is 12.1 Å². The van der Waals surface area contributed by atoms with E-state index in [2.05, 4.69) is 0 Å². The molecule has 0 spiro atoms. The molecule has 0 saturated heterocycles. The zero-order chi connectivity index (χ0) is 11.6. The zero-order valence-electron chi connectivity index (χ0n) is 8.74. The Bertz CT molecular complexity index is 321. The van der Waals surface area contributed by atoms with Gasteiger partial charge in [-0.3, -0.25) is 0 Å². The van der Waals surface area contributed by atoms with Crippen LogP contribution in [0.5, 0.6) is 0 Å². The summed E-state index contributed by atoms with van der Waals surface area (Å²) in [4.78, 5) is 0. The van der Waals surface area contributed by atoms with Crippen LogP contribution in [-0.2, 0) is 0 Å². The predicted molar refractivity (Wildman–Crippen MR) is 64.2 cm³/mol. The molecule has 0 saturated carbocycles. The fraction of sp³-hybridized carbons (Fsp3) is 0.455. The fourth-order valence-corrected chi connectivity index (χ4v) is 2.06. The lowest BCUT2D eigenvalue weighted by atomic mass is 9.94. The van der Waals surface area contributed by atoms with Crippen LogP contribution in [0.25, 0.3) is 0 Å². The Morgan fingerprint density at radius 1 is 1.20 bits per heavy atom. The second kappa shape index (κ2) is 5.17. The topological polar surface area (TPSA) is 46.2 Å². The summed E-state index contributed by atoms with van der Waals surface area (Å²) < 4.78 is 0. The average Bonchev–Trinajstić information content (AvgIpc) is 2.15. The quantitative estimate of drug-likeness (QED) is 0.863. The second-order valence-electron chi connectivity index (χ2n) is 3.90. The van der Waals surface area contributed by atoms with Gasteiger partial charge in [0.25, 0.3) is 0 Å². The maximum atomic E-state index is 9.85. The van der Waals surface area contributed by atoms with E-state index in [0.29, 0.717) is 15.6 Å². The van der Waals surface area contributed by atoms with Gasteiger partial charge in [-0.05, 0) is 18.1 Å². The van der Waals surface area contributed by atoms with Crippen molar-refractivity contribution in [1.29, 1.82) is 0 Å². The normalized spacial score (nSPS) is 15.4. The van der Waals surface area contributed by atoms with Crippen LogP contribution in [0, 0.1) is 5.92 Å². The van der Waals surface area contributed by atoms with Crippen molar-refractivity contribution in [2.45, 2.75) is 26.0 Å². The minimum Gasteiger partial charge on any atom is -0.391 e. The summed E-state index contributed by atoms with van der Waals surface area (Å²) in [6, 6.07) is 4.64. The molecule has 0 bridgehead atoms. The van der Waals surface area contributed by atoms with Crippen LogP contribution in [0.2, 0.25) is 10.0 Å². The molecule has 0 amide bonds. The summed E-state index contributed by atoms with van der Waals surface area (Å²) in [7, 11) is 0. The minimum absolute atomic E-state index is 0.0624. The number of aliphatic hydroxyl groups is 1. The Hall–Kier alpha value is -0.280. The second-order valence-corrected chi connectivity index (χ2v) is 4.71. The van der Waals surface area contributed by atoms with E-state index < -0.39 is 12.1 Å². The van der Waals surface area contributed by atoms with Gasteiger partial charge in [0.2, 0.25) is 0 Å². The van der Waals surface area contributed by atoms with Crippen molar-refractivity contribution in [3.05, 3.63) is 33.8 Å². The molecule has 4 heteroatoms. The van der Waals surface area contributed by atoms with E-state index in [1.807, 2.05) is 13.8 Å². The Morgan fingerprint density at radius 3 is 2.07 bits per heavy atom. The first kappa shape index (κ1) is 12.8. The smallest absolute Gasteiger partial charge is 0.0756 e. The van der Waals surface area contributed by atoms with Crippen molar-refractivity contribution in [3.8, 4) is 0 Å². The van der Waals surface area contributed by atoms with Gasteiger partial charge in [-0.1, -0.05) is 43.1 Å². The van der Waals surface area contributed by atoms with Crippen LogP contribution in [0.1, 0.15) is 25.5 Å². The third-order valence-electron chi connectivity index (χ3n) is 2.38. The molecule has 1 aromatic rings. The molecule has 3 N–H and O–H groups in total. The van der Waals surface area contributed by atoms with E-state index in [0.717, 1.165) is 0 Å². The molecular formula is C11H15Cl2NO. The predicted octanol–water partition coefficient (Wildman–Crippen LogP) is 3.01. The summed E-state index contributed by atoms with van der Waals surface area (Å²) in [5.74, 6) is 0.0624. The molecule has 0 aromatic heterocycles. The molecule has 0 heterocycles. The Balaban J connectivity index is 3.05. The molecule has 0 aliphatic carbocycles. The SMILES string of the molecule is CC(C)[C@H](O)[C@H](N)c1c(Cl)cccc1Cl. The molecule has 15 heavy (non-hydrogen) atoms. The molecule has 2 atom stereocenters. The lowest BCUT2D eigenvalue weighted by Gasteiger charge is -2.24. The maximum Gasteiger partial charge on any atom is 0.0756 e. The first-order valence-electron chi connectivity index (χ1n) is 4.82. The van der Waals surface area contributed by atoms with E-state index in [4.69, 9.17) is 28.9 Å². The summed E-state index contributed by atoms with van der Waals surface area (Å²) in [6.45, 7) is 3.80. The number of halogens is 2. The van der Waals surface area contributed by atoms with Gasteiger partial charge < -0.3 is 10.8 Å². The lowest BCUT2D eigenvalue weighted by molar-refractivity contribution is 0.0980. The van der Waals surface area contributed by atoms with E-state index in [-0.39, 0.29) is 5.92 Å². The highest BCUT2D eigenvalue weighted by atomic mass is 35.5. The van der Waals surface area contributed by atoms with E-state index in [9.17, 15) is 5.11 Å². The molecule has 0 aliphatic rings. The Kier molecular flexibility index (Phi) is 4.41. The van der Waals surface area contributed by atoms with Gasteiger partial charge in [-0.15, -0.1) is 0 Å². The molecular weight excluding hydrogens is 233 g/mol. The molecule has 0 radical (unpaired) electrons. The number of hydrogen-bond acceptors (Lipinski definition) is 2. The van der Waals surface area contributed by atoms with Gasteiger partial charge in [0.1, 0.15) is 0 Å². The van der Waals surface area contributed by atoms with Crippen LogP contribution in [0.15, 0.2) is 18.2 Å². The minimum atomic E-state index is -0.651. The van der Waals surface area contributed by atoms with Crippen molar-refractivity contribution in [3.63, 3.8) is 0 Å². The van der Waals surface area contributed by atoms with Gasteiger partial charge in [0.15, 0.2) is 0 Å². The lowest BCUT2D eigenvalue weighted by Crippen LogP contribution is -2.30. The molecule has 0 unspecified atom stereocenters. The standard InChI is InChI=1S/C11H15Cl2NO/c1-6(2)11(15)10(14)9-7(12)4-3-5-8(9)13/h3-6,10-11,15H,14H2,1-2H3/t10-,11+/m1/s1. The van der Waals surface area contributed by atoms with Gasteiger partial charge in [-0.25, -0.2) is 0 Å². The fourth-order valence-electron chi connectivity index (χ4n) is 1.41. The highest BCUT2D eigenvalue weighted by molar-refractivity contribution is 6.36. The van der Waals surface area contributed by atoms with Crippen LogP contribution in [-0.4, -0.2) is 11.2 Å². The van der Waals surface area contributed by atoms with Crippen molar-refractivity contribution in [2.24, 2.45) is 11.7 Å². The summed E-state index contributed by atoms with van der Waals surface area (Å²) >= 11 is 12.0. The molecule has 0 aliphatic heterocycles. The van der Waals surface area contributed by atoms with E-state index >= 15 is 0 Å². The van der Waals surface area contributed by atoms with Gasteiger partial charge in [-0.2, -0.15) is 0 Å². The monoisotopic (exact) mass is 247 g/mol. The average molecular weight is 248 g/mol. The van der Waals surface area contributed by atoms with Gasteiger partial charge in [0, 0.05) is 15.6 Å². The molecule has 1 aromatic carbocycles. The van der Waals surface area contributed by atoms with E-state index in [1.165, 1.54) is 0 Å². The molecule has 84 valence electrons. The maximum absolute atomic E-state index is 9.85. The van der Waals surface area contributed by atoms with Crippen molar-refractivity contribution in [1.82, 2.24) is 0 Å². The Morgan fingerprint density at radius 2 is 1.67 bits per heavy atom. The number of rotatable bonds is 3. The number of benzene rings is 1. The first-order chi connectivity index (χ1) is 6.95. The Labute approximate surface area is 100.0 Å². The van der Waals surface area contributed by atoms with Crippen molar-refractivity contribution >= 4 is 23.2 Å². The highest BCUT2D eigenvalue weighted by Crippen LogP contribution is 2.32. The van der Waals surface area contributed by atoms with E-state index in [1.54, 1.807) is 18.2 Å². The van der Waals surface area contributed by atoms with Crippen LogP contribution in [0.3, 0.4) is 0 Å². The first-order valence-corrected chi connectivity index (χ1v) is 5.58. The van der Waals surface area contributed by atoms with Crippen LogP contribution >= 0.6 is 23.2 Å². The van der Waals surface area contributed by atoms with Crippen LogP contribution < -0.4 is 5.73 Å². The summed E-state index contributed by atoms with van der Waals surface area (Å²) in [6.07, 6.45) is -0.651. The largest absolute Gasteiger partial charge is 0.391 e. The third-order valence-corrected chi connectivity index (χ3v) is 3.04. The molecule has 0 fully saturated rings. The number of hydrogen-bond donors (Lipinski definition) is 2. The third kappa shape index (κ3) is 2.85. The molecule has 1 rings (SSSR count). The van der Waals surface area contributed by atoms with Crippen molar-refractivity contribution in [2.75, 3.05) is 0 Å². The highest BCUT2D eigenvalue weighted by Gasteiger charge is 2.23.